The zero-order chi connectivity index (χ0) is 22.4. The number of anilines is 1. The highest BCUT2D eigenvalue weighted by molar-refractivity contribution is 7.91. The van der Waals surface area contributed by atoms with Gasteiger partial charge in [0.25, 0.3) is 10.0 Å². The lowest BCUT2D eigenvalue weighted by Crippen LogP contribution is -2.28. The normalized spacial score (nSPS) is 11.6. The summed E-state index contributed by atoms with van der Waals surface area (Å²) in [7, 11) is -1.98. The number of carbonyl (C=O) groups is 2. The van der Waals surface area contributed by atoms with Gasteiger partial charge in [-0.1, -0.05) is 6.07 Å². The van der Waals surface area contributed by atoms with E-state index in [0.717, 1.165) is 15.4 Å². The smallest absolute Gasteiger partial charge is 0.252 e. The standard InChI is InChI=1S/C19H22N4O4S4/c1-13(24)20-11-14-7-8-16(30-14)15-12-29-19(21-15)22-17(25)5-3-9-23(2)31(26,27)18-6-4-10-28-18/h4,6-8,10,12H,3,5,9,11H2,1-2H3,(H,20,24)(H,21,22,25). The first-order valence-electron chi connectivity index (χ1n) is 9.34. The monoisotopic (exact) mass is 498 g/mol. The van der Waals surface area contributed by atoms with Crippen molar-refractivity contribution < 1.29 is 18.0 Å². The summed E-state index contributed by atoms with van der Waals surface area (Å²) in [6.45, 7) is 2.21. The number of thiazole rings is 1. The first-order chi connectivity index (χ1) is 14.8. The van der Waals surface area contributed by atoms with E-state index in [1.54, 1.807) is 17.5 Å². The van der Waals surface area contributed by atoms with E-state index in [1.807, 2.05) is 17.5 Å². The fourth-order valence-corrected chi connectivity index (χ4v) is 6.71. The molecule has 12 heteroatoms. The molecule has 0 atom stereocenters. The predicted molar refractivity (Wildman–Crippen MR) is 125 cm³/mol. The molecule has 8 nitrogen and oxygen atoms in total. The van der Waals surface area contributed by atoms with Gasteiger partial charge in [-0.2, -0.15) is 0 Å². The number of sulfonamides is 1. The van der Waals surface area contributed by atoms with Crippen LogP contribution in [0.1, 0.15) is 24.6 Å². The van der Waals surface area contributed by atoms with E-state index in [2.05, 4.69) is 15.6 Å². The first-order valence-corrected chi connectivity index (χ1v) is 13.4. The topological polar surface area (TPSA) is 108 Å². The van der Waals surface area contributed by atoms with Crippen molar-refractivity contribution in [2.75, 3.05) is 18.9 Å². The summed E-state index contributed by atoms with van der Waals surface area (Å²) in [6, 6.07) is 7.14. The van der Waals surface area contributed by atoms with Gasteiger partial charge in [0.1, 0.15) is 4.21 Å². The maximum Gasteiger partial charge on any atom is 0.252 e. The molecule has 0 saturated heterocycles. The van der Waals surface area contributed by atoms with Gasteiger partial charge in [-0.3, -0.25) is 9.59 Å². The van der Waals surface area contributed by atoms with Crippen LogP contribution in [0.15, 0.2) is 39.2 Å². The van der Waals surface area contributed by atoms with Crippen molar-refractivity contribution in [3.8, 4) is 10.6 Å². The highest BCUT2D eigenvalue weighted by Gasteiger charge is 2.21. The zero-order valence-electron chi connectivity index (χ0n) is 17.0. The molecule has 0 unspecified atom stereocenters. The molecule has 0 aliphatic heterocycles. The van der Waals surface area contributed by atoms with Crippen LogP contribution in [-0.2, 0) is 26.2 Å². The zero-order valence-corrected chi connectivity index (χ0v) is 20.2. The summed E-state index contributed by atoms with van der Waals surface area (Å²) in [5, 5.41) is 9.61. The van der Waals surface area contributed by atoms with Gasteiger partial charge in [0, 0.05) is 37.2 Å². The molecular weight excluding hydrogens is 477 g/mol. The van der Waals surface area contributed by atoms with E-state index >= 15 is 0 Å². The van der Waals surface area contributed by atoms with Crippen molar-refractivity contribution in [3.05, 3.63) is 39.9 Å². The molecule has 2 N–H and O–H groups in total. The van der Waals surface area contributed by atoms with Crippen LogP contribution in [0.4, 0.5) is 5.13 Å². The average molecular weight is 499 g/mol. The number of amides is 2. The Morgan fingerprint density at radius 1 is 1.19 bits per heavy atom. The van der Waals surface area contributed by atoms with E-state index in [1.165, 1.54) is 52.3 Å². The Balaban J connectivity index is 1.47. The SMILES string of the molecule is CC(=O)NCc1ccc(-c2csc(NC(=O)CCCN(C)S(=O)(=O)c3cccs3)n2)s1. The van der Waals surface area contributed by atoms with E-state index in [-0.39, 0.29) is 24.8 Å². The molecule has 0 bridgehead atoms. The molecule has 2 amide bonds. The number of rotatable bonds is 10. The molecule has 31 heavy (non-hydrogen) atoms. The van der Waals surface area contributed by atoms with E-state index in [4.69, 9.17) is 0 Å². The Kier molecular flexibility index (Phi) is 7.94. The average Bonchev–Trinajstić information content (AvgIpc) is 3.47. The fourth-order valence-electron chi connectivity index (χ4n) is 2.59. The number of nitrogens with zero attached hydrogens (tertiary/aromatic N) is 2. The molecule has 3 heterocycles. The summed E-state index contributed by atoms with van der Waals surface area (Å²) in [5.74, 6) is -0.288. The van der Waals surface area contributed by atoms with Crippen molar-refractivity contribution in [2.45, 2.75) is 30.5 Å². The molecule has 0 aliphatic carbocycles. The van der Waals surface area contributed by atoms with Crippen LogP contribution in [-0.4, -0.2) is 43.1 Å². The molecule has 0 aromatic carbocycles. The van der Waals surface area contributed by atoms with Gasteiger partial charge in [0.15, 0.2) is 5.13 Å². The van der Waals surface area contributed by atoms with Crippen molar-refractivity contribution in [3.63, 3.8) is 0 Å². The number of hydrogen-bond acceptors (Lipinski definition) is 8. The number of hydrogen-bond donors (Lipinski definition) is 2. The molecule has 166 valence electrons. The van der Waals surface area contributed by atoms with Crippen LogP contribution in [0.5, 0.6) is 0 Å². The molecule has 0 fully saturated rings. The molecule has 0 radical (unpaired) electrons. The quantitative estimate of drug-likeness (QED) is 0.444. The summed E-state index contributed by atoms with van der Waals surface area (Å²) >= 11 is 4.04. The van der Waals surface area contributed by atoms with Gasteiger partial charge in [0.2, 0.25) is 11.8 Å². The predicted octanol–water partition coefficient (Wildman–Crippen LogP) is 3.61. The third-order valence-corrected chi connectivity index (χ3v) is 9.31. The second-order valence-corrected chi connectivity index (χ2v) is 11.9. The lowest BCUT2D eigenvalue weighted by molar-refractivity contribution is -0.119. The minimum absolute atomic E-state index is 0.0797. The summed E-state index contributed by atoms with van der Waals surface area (Å²) in [4.78, 5) is 29.7. The third-order valence-electron chi connectivity index (χ3n) is 4.21. The molecule has 0 spiro atoms. The van der Waals surface area contributed by atoms with E-state index < -0.39 is 10.0 Å². The Labute approximate surface area is 193 Å². The van der Waals surface area contributed by atoms with Crippen LogP contribution < -0.4 is 10.6 Å². The summed E-state index contributed by atoms with van der Waals surface area (Å²) < 4.78 is 26.3. The largest absolute Gasteiger partial charge is 0.351 e. The Hall–Kier alpha value is -2.12. The maximum absolute atomic E-state index is 12.4. The molecular formula is C19H22N4O4S4. The van der Waals surface area contributed by atoms with Gasteiger partial charge in [-0.05, 0) is 30.0 Å². The van der Waals surface area contributed by atoms with Gasteiger partial charge >= 0.3 is 0 Å². The minimum atomic E-state index is -3.50. The Morgan fingerprint density at radius 2 is 2.00 bits per heavy atom. The highest BCUT2D eigenvalue weighted by atomic mass is 32.2. The van der Waals surface area contributed by atoms with E-state index in [0.29, 0.717) is 22.3 Å². The Bertz CT molecular complexity index is 1140. The van der Waals surface area contributed by atoms with Crippen LogP contribution >= 0.6 is 34.0 Å². The summed E-state index contributed by atoms with van der Waals surface area (Å²) in [5.41, 5.74) is 0.765. The molecule has 3 rings (SSSR count). The lowest BCUT2D eigenvalue weighted by atomic mass is 10.3. The van der Waals surface area contributed by atoms with Gasteiger partial charge in [-0.25, -0.2) is 17.7 Å². The van der Waals surface area contributed by atoms with Crippen molar-refractivity contribution >= 4 is 61.0 Å². The third kappa shape index (κ3) is 6.43. The van der Waals surface area contributed by atoms with E-state index in [9.17, 15) is 18.0 Å². The van der Waals surface area contributed by atoms with Crippen LogP contribution in [0, 0.1) is 0 Å². The minimum Gasteiger partial charge on any atom is -0.351 e. The number of carbonyl (C=O) groups excluding carboxylic acids is 2. The maximum atomic E-state index is 12.4. The molecule has 3 aromatic heterocycles. The first kappa shape index (κ1) is 23.5. The fraction of sp³-hybridized carbons (Fsp3) is 0.316. The van der Waals surface area contributed by atoms with Crippen molar-refractivity contribution in [1.29, 1.82) is 0 Å². The number of nitrogens with one attached hydrogen (secondary N) is 2. The number of aromatic nitrogens is 1. The molecule has 0 aliphatic rings. The highest BCUT2D eigenvalue weighted by Crippen LogP contribution is 2.31. The van der Waals surface area contributed by atoms with Crippen LogP contribution in [0.3, 0.4) is 0 Å². The van der Waals surface area contributed by atoms with Gasteiger partial charge < -0.3 is 10.6 Å². The van der Waals surface area contributed by atoms with Crippen molar-refractivity contribution in [1.82, 2.24) is 14.6 Å². The lowest BCUT2D eigenvalue weighted by Gasteiger charge is -2.15. The van der Waals surface area contributed by atoms with Crippen LogP contribution in [0.25, 0.3) is 10.6 Å². The Morgan fingerprint density at radius 3 is 2.71 bits per heavy atom. The van der Waals surface area contributed by atoms with Gasteiger partial charge in [-0.15, -0.1) is 34.0 Å². The van der Waals surface area contributed by atoms with Crippen LogP contribution in [0.2, 0.25) is 0 Å². The van der Waals surface area contributed by atoms with Crippen molar-refractivity contribution in [2.24, 2.45) is 0 Å². The molecule has 0 saturated carbocycles. The summed E-state index contributed by atoms with van der Waals surface area (Å²) in [6.07, 6.45) is 0.599. The second kappa shape index (κ2) is 10.5. The van der Waals surface area contributed by atoms with Gasteiger partial charge in [0.05, 0.1) is 17.1 Å². The molecule has 3 aromatic rings. The number of thiophene rings is 2. The second-order valence-electron chi connectivity index (χ2n) is 6.62.